The molecular weight excluding hydrogens is 389 g/mol. The molecule has 0 unspecified atom stereocenters. The Labute approximate surface area is 150 Å². The van der Waals surface area contributed by atoms with Gasteiger partial charge in [-0.1, -0.05) is 37.0 Å². The SMILES string of the molecule is Cc1ccc(NC(N)=NCCCOC2CCCCC2)cc1.I. The zero-order valence-electron chi connectivity index (χ0n) is 13.4. The molecule has 0 aliphatic heterocycles. The molecule has 1 fully saturated rings. The number of rotatable bonds is 6. The van der Waals surface area contributed by atoms with Crippen LogP contribution >= 0.6 is 24.0 Å². The number of nitrogens with two attached hydrogens (primary N) is 1. The van der Waals surface area contributed by atoms with E-state index in [1.54, 1.807) is 0 Å². The summed E-state index contributed by atoms with van der Waals surface area (Å²) >= 11 is 0. The standard InChI is InChI=1S/C17H27N3O.HI/c1-14-8-10-15(11-9-14)20-17(18)19-12-5-13-21-16-6-3-2-4-7-16;/h8-11,16H,2-7,12-13H2,1H3,(H3,18,19,20);1H. The Bertz CT molecular complexity index is 442. The van der Waals surface area contributed by atoms with Crippen LogP contribution in [0, 0.1) is 6.92 Å². The van der Waals surface area contributed by atoms with Crippen molar-refractivity contribution in [3.05, 3.63) is 29.8 Å². The van der Waals surface area contributed by atoms with Gasteiger partial charge in [-0.2, -0.15) is 0 Å². The summed E-state index contributed by atoms with van der Waals surface area (Å²) < 4.78 is 5.87. The molecule has 0 heterocycles. The summed E-state index contributed by atoms with van der Waals surface area (Å²) in [6, 6.07) is 8.11. The van der Waals surface area contributed by atoms with Crippen LogP contribution in [0.15, 0.2) is 29.3 Å². The average molecular weight is 417 g/mol. The predicted octanol–water partition coefficient (Wildman–Crippen LogP) is 4.08. The fraction of sp³-hybridized carbons (Fsp3) is 0.588. The number of aryl methyl sites for hydroxylation is 1. The van der Waals surface area contributed by atoms with Crippen LogP contribution in [0.25, 0.3) is 0 Å². The molecular formula is C17H28IN3O. The van der Waals surface area contributed by atoms with E-state index >= 15 is 0 Å². The number of aliphatic imine (C=N–C) groups is 1. The Morgan fingerprint density at radius 1 is 1.23 bits per heavy atom. The maximum absolute atomic E-state index is 5.87. The van der Waals surface area contributed by atoms with E-state index in [2.05, 4.69) is 17.2 Å². The molecule has 22 heavy (non-hydrogen) atoms. The molecule has 1 saturated carbocycles. The van der Waals surface area contributed by atoms with E-state index in [1.165, 1.54) is 37.7 Å². The maximum atomic E-state index is 5.87. The predicted molar refractivity (Wildman–Crippen MR) is 104 cm³/mol. The lowest BCUT2D eigenvalue weighted by Crippen LogP contribution is -2.23. The molecule has 5 heteroatoms. The fourth-order valence-corrected chi connectivity index (χ4v) is 2.57. The summed E-state index contributed by atoms with van der Waals surface area (Å²) in [6.07, 6.45) is 7.84. The highest BCUT2D eigenvalue weighted by atomic mass is 127. The average Bonchev–Trinajstić information content (AvgIpc) is 2.50. The van der Waals surface area contributed by atoms with Gasteiger partial charge in [0.25, 0.3) is 0 Å². The summed E-state index contributed by atoms with van der Waals surface area (Å²) in [6.45, 7) is 3.55. The highest BCUT2D eigenvalue weighted by molar-refractivity contribution is 14.0. The fourth-order valence-electron chi connectivity index (χ4n) is 2.57. The van der Waals surface area contributed by atoms with Gasteiger partial charge in [0.2, 0.25) is 0 Å². The molecule has 0 amide bonds. The lowest BCUT2D eigenvalue weighted by molar-refractivity contribution is 0.0281. The lowest BCUT2D eigenvalue weighted by Gasteiger charge is -2.21. The third-order valence-electron chi connectivity index (χ3n) is 3.81. The van der Waals surface area contributed by atoms with E-state index in [0.717, 1.165) is 18.7 Å². The molecule has 124 valence electrons. The monoisotopic (exact) mass is 417 g/mol. The first-order valence-electron chi connectivity index (χ1n) is 7.99. The van der Waals surface area contributed by atoms with Gasteiger partial charge in [0, 0.05) is 18.8 Å². The molecule has 3 N–H and O–H groups in total. The van der Waals surface area contributed by atoms with Crippen LogP contribution in [0.3, 0.4) is 0 Å². The van der Waals surface area contributed by atoms with Gasteiger partial charge in [-0.15, -0.1) is 24.0 Å². The zero-order chi connectivity index (χ0) is 14.9. The van der Waals surface area contributed by atoms with E-state index in [4.69, 9.17) is 10.5 Å². The number of guanidine groups is 1. The first kappa shape index (κ1) is 19.2. The number of hydrogen-bond acceptors (Lipinski definition) is 2. The van der Waals surface area contributed by atoms with Gasteiger partial charge in [0.1, 0.15) is 0 Å². The smallest absolute Gasteiger partial charge is 0.193 e. The van der Waals surface area contributed by atoms with E-state index in [-0.39, 0.29) is 24.0 Å². The van der Waals surface area contributed by atoms with Crippen LogP contribution in [0.1, 0.15) is 44.1 Å². The van der Waals surface area contributed by atoms with E-state index < -0.39 is 0 Å². The van der Waals surface area contributed by atoms with Crippen molar-refractivity contribution in [3.8, 4) is 0 Å². The molecule has 1 aromatic carbocycles. The number of benzene rings is 1. The topological polar surface area (TPSA) is 59.6 Å². The molecule has 4 nitrogen and oxygen atoms in total. The molecule has 1 aromatic rings. The molecule has 0 saturated heterocycles. The van der Waals surface area contributed by atoms with E-state index in [9.17, 15) is 0 Å². The Kier molecular flexibility index (Phi) is 9.47. The summed E-state index contributed by atoms with van der Waals surface area (Å²) in [5.74, 6) is 0.469. The number of ether oxygens (including phenoxy) is 1. The summed E-state index contributed by atoms with van der Waals surface area (Å²) in [5, 5.41) is 3.10. The molecule has 0 radical (unpaired) electrons. The molecule has 1 aliphatic rings. The normalized spacial score (nSPS) is 16.1. The second-order valence-corrected chi connectivity index (χ2v) is 5.74. The van der Waals surface area contributed by atoms with Crippen LogP contribution in [0.4, 0.5) is 5.69 Å². The Morgan fingerprint density at radius 3 is 2.59 bits per heavy atom. The Balaban J connectivity index is 0.00000242. The number of hydrogen-bond donors (Lipinski definition) is 2. The van der Waals surface area contributed by atoms with Crippen molar-refractivity contribution in [1.29, 1.82) is 0 Å². The van der Waals surface area contributed by atoms with E-state index in [0.29, 0.717) is 18.6 Å². The Hall–Kier alpha value is -0.820. The Morgan fingerprint density at radius 2 is 1.91 bits per heavy atom. The third kappa shape index (κ3) is 7.45. The maximum Gasteiger partial charge on any atom is 0.193 e. The van der Waals surface area contributed by atoms with Gasteiger partial charge >= 0.3 is 0 Å². The van der Waals surface area contributed by atoms with Crippen LogP contribution in [0.5, 0.6) is 0 Å². The number of nitrogens with zero attached hydrogens (tertiary/aromatic N) is 1. The minimum absolute atomic E-state index is 0. The van der Waals surface area contributed by atoms with Crippen molar-refractivity contribution >= 4 is 35.6 Å². The van der Waals surface area contributed by atoms with Crippen molar-refractivity contribution < 1.29 is 4.74 Å². The van der Waals surface area contributed by atoms with Gasteiger partial charge < -0.3 is 15.8 Å². The molecule has 2 rings (SSSR count). The van der Waals surface area contributed by atoms with Crippen molar-refractivity contribution in [2.45, 2.75) is 51.6 Å². The van der Waals surface area contributed by atoms with E-state index in [1.807, 2.05) is 24.3 Å². The van der Waals surface area contributed by atoms with Gasteiger partial charge in [0.15, 0.2) is 5.96 Å². The van der Waals surface area contributed by atoms with Gasteiger partial charge in [-0.25, -0.2) is 0 Å². The minimum atomic E-state index is 0. The first-order valence-corrected chi connectivity index (χ1v) is 7.99. The molecule has 0 spiro atoms. The van der Waals surface area contributed by atoms with Crippen molar-refractivity contribution in [2.75, 3.05) is 18.5 Å². The molecule has 1 aliphatic carbocycles. The van der Waals surface area contributed by atoms with Crippen LogP contribution in [0.2, 0.25) is 0 Å². The van der Waals surface area contributed by atoms with Crippen LogP contribution in [-0.4, -0.2) is 25.2 Å². The summed E-state index contributed by atoms with van der Waals surface area (Å²) in [7, 11) is 0. The van der Waals surface area contributed by atoms with Gasteiger partial charge in [-0.3, -0.25) is 4.99 Å². The minimum Gasteiger partial charge on any atom is -0.378 e. The molecule has 0 atom stereocenters. The highest BCUT2D eigenvalue weighted by Gasteiger charge is 2.12. The third-order valence-corrected chi connectivity index (χ3v) is 3.81. The van der Waals surface area contributed by atoms with Crippen molar-refractivity contribution in [2.24, 2.45) is 10.7 Å². The van der Waals surface area contributed by atoms with Crippen LogP contribution < -0.4 is 11.1 Å². The number of halogens is 1. The lowest BCUT2D eigenvalue weighted by atomic mass is 9.98. The first-order chi connectivity index (χ1) is 10.2. The second kappa shape index (κ2) is 10.8. The number of anilines is 1. The van der Waals surface area contributed by atoms with Crippen molar-refractivity contribution in [1.82, 2.24) is 0 Å². The quantitative estimate of drug-likeness (QED) is 0.317. The van der Waals surface area contributed by atoms with Gasteiger partial charge in [0.05, 0.1) is 6.10 Å². The largest absolute Gasteiger partial charge is 0.378 e. The number of nitrogens with one attached hydrogen (secondary N) is 1. The highest BCUT2D eigenvalue weighted by Crippen LogP contribution is 2.20. The van der Waals surface area contributed by atoms with Crippen LogP contribution in [-0.2, 0) is 4.74 Å². The zero-order valence-corrected chi connectivity index (χ0v) is 15.7. The summed E-state index contributed by atoms with van der Waals surface area (Å²) in [4.78, 5) is 4.33. The van der Waals surface area contributed by atoms with Gasteiger partial charge in [-0.05, 0) is 38.3 Å². The van der Waals surface area contributed by atoms with Crippen molar-refractivity contribution in [3.63, 3.8) is 0 Å². The summed E-state index contributed by atoms with van der Waals surface area (Å²) in [5.41, 5.74) is 8.07. The molecule has 0 bridgehead atoms. The second-order valence-electron chi connectivity index (χ2n) is 5.74. The molecule has 0 aromatic heterocycles.